The number of hydrogen-bond acceptors (Lipinski definition) is 14. The van der Waals surface area contributed by atoms with Crippen LogP contribution in [0.25, 0.3) is 0 Å². The van der Waals surface area contributed by atoms with Gasteiger partial charge in [0.25, 0.3) is 17.1 Å². The van der Waals surface area contributed by atoms with E-state index in [4.69, 9.17) is 20.4 Å². The van der Waals surface area contributed by atoms with E-state index in [1.165, 1.54) is 31.2 Å². The lowest BCUT2D eigenvalue weighted by Crippen LogP contribution is -2.71. The minimum Gasteiger partial charge on any atom is -0.480 e. The second-order valence-corrected chi connectivity index (χ2v) is 10.7. The first-order valence-corrected chi connectivity index (χ1v) is 13.7. The van der Waals surface area contributed by atoms with Gasteiger partial charge in [0.05, 0.1) is 0 Å². The van der Waals surface area contributed by atoms with Crippen molar-refractivity contribution in [1.29, 1.82) is 0 Å². The Morgan fingerprint density at radius 3 is 2.67 bits per heavy atom. The number of oxime groups is 1. The topological polar surface area (TPSA) is 240 Å². The summed E-state index contributed by atoms with van der Waals surface area (Å²) >= 11 is 2.78. The molecule has 0 unspecified atom stereocenters. The van der Waals surface area contributed by atoms with Crippen molar-refractivity contribution in [3.05, 3.63) is 22.3 Å². The zero-order chi connectivity index (χ0) is 28.9. The van der Waals surface area contributed by atoms with Gasteiger partial charge in [-0.25, -0.2) is 9.78 Å². The van der Waals surface area contributed by atoms with E-state index in [1.807, 2.05) is 0 Å². The van der Waals surface area contributed by atoms with Gasteiger partial charge in [-0.3, -0.25) is 34.2 Å². The molecular weight excluding hydrogens is 580 g/mol. The number of carbonyl (C=O) groups excluding carboxylic acids is 4. The van der Waals surface area contributed by atoms with E-state index < -0.39 is 52.4 Å². The molecule has 3 atom stereocenters. The number of ether oxygens (including phenoxy) is 1. The van der Waals surface area contributed by atoms with Crippen LogP contribution in [0.15, 0.2) is 21.8 Å². The largest absolute Gasteiger partial charge is 0.480 e. The SMILES string of the molecule is CO/N=C(/C(=O)N[C@@H]1C(=O)N2C(C(=O)O)=C(COC(C)=O)CS[C@H]12)c1csc(NC(=O)SC[C@H](N)C(=O)O)n1. The van der Waals surface area contributed by atoms with Gasteiger partial charge in [0.1, 0.15) is 42.6 Å². The molecule has 1 saturated heterocycles. The fraction of sp³-hybridized carbons (Fsp3) is 0.400. The zero-order valence-electron chi connectivity index (χ0n) is 20.2. The Kier molecular flexibility index (Phi) is 9.89. The van der Waals surface area contributed by atoms with Crippen LogP contribution in [0.5, 0.6) is 0 Å². The standard InChI is InChI=1S/C20H22N6O10S3/c1-7(27)36-3-8-4-37-16-12(15(29)26(16)13(8)18(32)33)23-14(28)11(25-35-2)10-6-38-19(22-10)24-20(34)39-5-9(21)17(30)31/h6,9,12,16H,3-5,21H2,1-2H3,(H,23,28)(H,30,31)(H,32,33)(H,22,24,34)/b25-11+/t9-,12+,16+/m0/s1. The quantitative estimate of drug-likeness (QED) is 0.0926. The molecule has 3 heterocycles. The first-order valence-electron chi connectivity index (χ1n) is 10.8. The Hall–Kier alpha value is -3.68. The molecular formula is C20H22N6O10S3. The number of nitrogens with one attached hydrogen (secondary N) is 2. The van der Waals surface area contributed by atoms with Crippen molar-refractivity contribution in [3.8, 4) is 0 Å². The van der Waals surface area contributed by atoms with E-state index in [-0.39, 0.29) is 45.9 Å². The molecule has 0 aromatic carbocycles. The molecule has 0 bridgehead atoms. The Bertz CT molecular complexity index is 1260. The molecule has 0 aliphatic carbocycles. The van der Waals surface area contributed by atoms with Crippen LogP contribution in [-0.4, -0.2) is 103 Å². The Labute approximate surface area is 232 Å². The van der Waals surface area contributed by atoms with E-state index in [0.29, 0.717) is 11.8 Å². The predicted octanol–water partition coefficient (Wildman–Crippen LogP) is -0.528. The molecule has 0 saturated carbocycles. The van der Waals surface area contributed by atoms with Crippen LogP contribution in [0.4, 0.5) is 9.93 Å². The fourth-order valence-corrected chi connectivity index (χ4v) is 6.01. The Balaban J connectivity index is 1.67. The highest BCUT2D eigenvalue weighted by molar-refractivity contribution is 8.13. The van der Waals surface area contributed by atoms with Gasteiger partial charge in [-0.05, 0) is 0 Å². The molecule has 0 radical (unpaired) electrons. The highest BCUT2D eigenvalue weighted by Gasteiger charge is 2.54. The summed E-state index contributed by atoms with van der Waals surface area (Å²) in [5.41, 5.74) is 5.01. The lowest BCUT2D eigenvalue weighted by molar-refractivity contribution is -0.150. The van der Waals surface area contributed by atoms with Gasteiger partial charge in [0.15, 0.2) is 10.8 Å². The number of fused-ring (bicyclic) bond motifs is 1. The number of nitrogens with two attached hydrogens (primary N) is 1. The molecule has 1 aromatic rings. The Morgan fingerprint density at radius 2 is 2.05 bits per heavy atom. The van der Waals surface area contributed by atoms with Crippen molar-refractivity contribution < 1.29 is 48.6 Å². The van der Waals surface area contributed by atoms with Crippen LogP contribution in [0.1, 0.15) is 12.6 Å². The lowest BCUT2D eigenvalue weighted by Gasteiger charge is -2.49. The highest BCUT2D eigenvalue weighted by Crippen LogP contribution is 2.40. The number of carboxylic acids is 2. The monoisotopic (exact) mass is 602 g/mol. The summed E-state index contributed by atoms with van der Waals surface area (Å²) in [7, 11) is 1.19. The molecule has 0 spiro atoms. The minimum atomic E-state index is -1.37. The third-order valence-electron chi connectivity index (χ3n) is 5.05. The number of anilines is 1. The van der Waals surface area contributed by atoms with Crippen LogP contribution in [-0.2, 0) is 33.5 Å². The van der Waals surface area contributed by atoms with Crippen LogP contribution in [0.3, 0.4) is 0 Å². The average Bonchev–Trinajstić information content (AvgIpc) is 3.34. The predicted molar refractivity (Wildman–Crippen MR) is 139 cm³/mol. The molecule has 2 aliphatic rings. The number of aromatic nitrogens is 1. The second kappa shape index (κ2) is 12.9. The summed E-state index contributed by atoms with van der Waals surface area (Å²) in [6.45, 7) is 0.894. The second-order valence-electron chi connectivity index (χ2n) is 7.73. The number of rotatable bonds is 11. The first-order chi connectivity index (χ1) is 18.4. The van der Waals surface area contributed by atoms with Gasteiger partial charge in [-0.1, -0.05) is 16.9 Å². The zero-order valence-corrected chi connectivity index (χ0v) is 22.7. The number of carbonyl (C=O) groups is 6. The van der Waals surface area contributed by atoms with E-state index in [0.717, 1.165) is 16.2 Å². The van der Waals surface area contributed by atoms with Gasteiger partial charge < -0.3 is 30.8 Å². The molecule has 210 valence electrons. The van der Waals surface area contributed by atoms with Crippen molar-refractivity contribution in [1.82, 2.24) is 15.2 Å². The number of carboxylic acid groups (broad SMARTS) is 2. The molecule has 19 heteroatoms. The Morgan fingerprint density at radius 1 is 1.33 bits per heavy atom. The van der Waals surface area contributed by atoms with Crippen LogP contribution in [0, 0.1) is 0 Å². The molecule has 39 heavy (non-hydrogen) atoms. The number of amides is 3. The van der Waals surface area contributed by atoms with Crippen molar-refractivity contribution in [2.24, 2.45) is 10.9 Å². The molecule has 3 amide bonds. The maximum Gasteiger partial charge on any atom is 0.352 e. The lowest BCUT2D eigenvalue weighted by atomic mass is 10.0. The third kappa shape index (κ3) is 7.05. The summed E-state index contributed by atoms with van der Waals surface area (Å²) in [6, 6.07) is -2.31. The maximum atomic E-state index is 13.0. The van der Waals surface area contributed by atoms with Crippen LogP contribution >= 0.6 is 34.9 Å². The summed E-state index contributed by atoms with van der Waals surface area (Å²) in [5, 5.41) is 27.2. The minimum absolute atomic E-state index is 0.0107. The average molecular weight is 603 g/mol. The van der Waals surface area contributed by atoms with Gasteiger partial charge in [-0.15, -0.1) is 23.1 Å². The molecule has 1 aromatic heterocycles. The number of hydrogen-bond donors (Lipinski definition) is 5. The molecule has 16 nitrogen and oxygen atoms in total. The van der Waals surface area contributed by atoms with Crippen molar-refractivity contribution in [2.45, 2.75) is 24.4 Å². The van der Waals surface area contributed by atoms with Crippen LogP contribution < -0.4 is 16.4 Å². The molecule has 2 aliphatic heterocycles. The van der Waals surface area contributed by atoms with Gasteiger partial charge in [0.2, 0.25) is 0 Å². The van der Waals surface area contributed by atoms with Crippen LogP contribution in [0.2, 0.25) is 0 Å². The van der Waals surface area contributed by atoms with Gasteiger partial charge in [0, 0.05) is 29.4 Å². The molecule has 1 fully saturated rings. The number of nitrogens with zero attached hydrogens (tertiary/aromatic N) is 3. The molecule has 3 rings (SSSR count). The number of thiazole rings is 1. The number of thioether (sulfide) groups is 2. The van der Waals surface area contributed by atoms with Gasteiger partial charge in [-0.2, -0.15) is 0 Å². The number of aliphatic carboxylic acids is 2. The smallest absolute Gasteiger partial charge is 0.352 e. The van der Waals surface area contributed by atoms with Crippen molar-refractivity contribution in [2.75, 3.05) is 30.5 Å². The number of esters is 1. The van der Waals surface area contributed by atoms with Crippen molar-refractivity contribution >= 4 is 80.7 Å². The van der Waals surface area contributed by atoms with E-state index in [9.17, 15) is 33.9 Å². The van der Waals surface area contributed by atoms with E-state index in [2.05, 4.69) is 20.8 Å². The number of β-lactam (4-membered cyclic amide) rings is 1. The summed E-state index contributed by atoms with van der Waals surface area (Å²) < 4.78 is 4.89. The molecule has 6 N–H and O–H groups in total. The van der Waals surface area contributed by atoms with E-state index in [1.54, 1.807) is 0 Å². The fourth-order valence-electron chi connectivity index (χ4n) is 3.29. The summed E-state index contributed by atoms with van der Waals surface area (Å²) in [6.07, 6.45) is 0. The maximum absolute atomic E-state index is 13.0. The van der Waals surface area contributed by atoms with Crippen molar-refractivity contribution in [3.63, 3.8) is 0 Å². The van der Waals surface area contributed by atoms with Gasteiger partial charge >= 0.3 is 17.9 Å². The summed E-state index contributed by atoms with van der Waals surface area (Å²) in [4.78, 5) is 81.5. The summed E-state index contributed by atoms with van der Waals surface area (Å²) in [5.74, 6) is -4.77. The third-order valence-corrected chi connectivity index (χ3v) is 8.04. The highest BCUT2D eigenvalue weighted by atomic mass is 32.2. The normalized spacial score (nSPS) is 19.4. The first kappa shape index (κ1) is 29.9. The van der Waals surface area contributed by atoms with E-state index >= 15 is 0 Å².